The number of ether oxygens (including phenoxy) is 2. The molecule has 0 saturated heterocycles. The first kappa shape index (κ1) is 21.8. The zero-order valence-corrected chi connectivity index (χ0v) is 16.1. The topological polar surface area (TPSA) is 160 Å². The maximum atomic E-state index is 12.5. The Kier molecular flexibility index (Phi) is 6.51. The van der Waals surface area contributed by atoms with Gasteiger partial charge in [0.1, 0.15) is 32.0 Å². The number of ketones is 3. The SMILES string of the molecule is NC(CC=O)C(=O)OCCOC(=O)CC(=O)c1cc2c(o1)C(=O)c1ccccc1C2=O. The highest BCUT2D eigenvalue weighted by molar-refractivity contribution is 6.28. The third-order valence-electron chi connectivity index (χ3n) is 4.42. The molecule has 1 aromatic heterocycles. The van der Waals surface area contributed by atoms with Crippen molar-refractivity contribution in [2.45, 2.75) is 18.9 Å². The van der Waals surface area contributed by atoms with E-state index in [4.69, 9.17) is 19.6 Å². The molecule has 0 aliphatic heterocycles. The third kappa shape index (κ3) is 4.64. The summed E-state index contributed by atoms with van der Waals surface area (Å²) < 4.78 is 14.8. The summed E-state index contributed by atoms with van der Waals surface area (Å²) in [6.07, 6.45) is -0.430. The van der Waals surface area contributed by atoms with E-state index in [2.05, 4.69) is 0 Å². The van der Waals surface area contributed by atoms with Gasteiger partial charge in [-0.3, -0.25) is 24.0 Å². The summed E-state index contributed by atoms with van der Waals surface area (Å²) in [6, 6.07) is 6.24. The van der Waals surface area contributed by atoms with E-state index in [1.807, 2.05) is 0 Å². The second kappa shape index (κ2) is 9.26. The molecule has 1 heterocycles. The molecule has 1 atom stereocenters. The van der Waals surface area contributed by atoms with Crippen LogP contribution < -0.4 is 5.73 Å². The fourth-order valence-electron chi connectivity index (χ4n) is 2.89. The van der Waals surface area contributed by atoms with Crippen LogP contribution in [0, 0.1) is 0 Å². The minimum Gasteiger partial charge on any atom is -0.462 e. The molecule has 1 aromatic carbocycles. The van der Waals surface area contributed by atoms with Crippen LogP contribution in [-0.4, -0.2) is 54.8 Å². The second-order valence-corrected chi connectivity index (χ2v) is 6.55. The number of nitrogens with two attached hydrogens (primary N) is 1. The van der Waals surface area contributed by atoms with Crippen LogP contribution in [0.15, 0.2) is 34.7 Å². The number of esters is 2. The van der Waals surface area contributed by atoms with Gasteiger partial charge in [-0.05, 0) is 6.07 Å². The molecule has 160 valence electrons. The van der Waals surface area contributed by atoms with Gasteiger partial charge < -0.3 is 24.4 Å². The van der Waals surface area contributed by atoms with E-state index >= 15 is 0 Å². The normalized spacial score (nSPS) is 13.1. The summed E-state index contributed by atoms with van der Waals surface area (Å²) in [7, 11) is 0. The Morgan fingerprint density at radius 1 is 1.00 bits per heavy atom. The molecule has 1 aliphatic rings. The predicted molar refractivity (Wildman–Crippen MR) is 102 cm³/mol. The second-order valence-electron chi connectivity index (χ2n) is 6.55. The lowest BCUT2D eigenvalue weighted by Gasteiger charge is -2.11. The summed E-state index contributed by atoms with van der Waals surface area (Å²) >= 11 is 0. The molecule has 10 nitrogen and oxygen atoms in total. The smallest absolute Gasteiger partial charge is 0.323 e. The summed E-state index contributed by atoms with van der Waals surface area (Å²) in [6.45, 7) is -0.631. The minimum atomic E-state index is -1.10. The average molecular weight is 427 g/mol. The van der Waals surface area contributed by atoms with Gasteiger partial charge in [-0.1, -0.05) is 24.3 Å². The van der Waals surface area contributed by atoms with Crippen LogP contribution >= 0.6 is 0 Å². The van der Waals surface area contributed by atoms with Crippen LogP contribution in [0.5, 0.6) is 0 Å². The standard InChI is InChI=1S/C21H17NO9/c22-14(5-6-23)21(28)30-8-7-29-17(25)10-15(24)16-9-13-18(26)11-3-1-2-4-12(11)19(27)20(13)31-16/h1-4,6,9,14H,5,7-8,10,22H2. The van der Waals surface area contributed by atoms with Crippen LogP contribution in [0.3, 0.4) is 0 Å². The summed E-state index contributed by atoms with van der Waals surface area (Å²) in [5.74, 6) is -4.08. The average Bonchev–Trinajstić information content (AvgIpc) is 3.21. The van der Waals surface area contributed by atoms with E-state index in [1.54, 1.807) is 12.1 Å². The molecule has 2 N–H and O–H groups in total. The van der Waals surface area contributed by atoms with Crippen molar-refractivity contribution < 1.29 is 42.7 Å². The molecule has 2 aromatic rings. The highest BCUT2D eigenvalue weighted by Crippen LogP contribution is 2.30. The summed E-state index contributed by atoms with van der Waals surface area (Å²) in [4.78, 5) is 70.9. The van der Waals surface area contributed by atoms with Crippen molar-refractivity contribution in [3.63, 3.8) is 0 Å². The Morgan fingerprint density at radius 2 is 1.65 bits per heavy atom. The molecule has 31 heavy (non-hydrogen) atoms. The van der Waals surface area contributed by atoms with Gasteiger partial charge in [0.2, 0.25) is 11.6 Å². The molecule has 1 unspecified atom stereocenters. The van der Waals surface area contributed by atoms with E-state index in [-0.39, 0.29) is 47.8 Å². The van der Waals surface area contributed by atoms with Crippen molar-refractivity contribution in [3.05, 3.63) is 58.5 Å². The highest BCUT2D eigenvalue weighted by Gasteiger charge is 2.34. The van der Waals surface area contributed by atoms with E-state index < -0.39 is 41.8 Å². The van der Waals surface area contributed by atoms with Gasteiger partial charge in [-0.15, -0.1) is 0 Å². The van der Waals surface area contributed by atoms with Gasteiger partial charge in [0.05, 0.1) is 5.56 Å². The number of benzene rings is 1. The van der Waals surface area contributed by atoms with Gasteiger partial charge in [0, 0.05) is 17.5 Å². The molecular weight excluding hydrogens is 410 g/mol. The number of furan rings is 1. The van der Waals surface area contributed by atoms with E-state index in [1.165, 1.54) is 12.1 Å². The molecule has 3 rings (SSSR count). The first-order valence-corrected chi connectivity index (χ1v) is 9.20. The highest BCUT2D eigenvalue weighted by atomic mass is 16.6. The molecule has 10 heteroatoms. The number of carbonyl (C=O) groups excluding carboxylic acids is 6. The fourth-order valence-corrected chi connectivity index (χ4v) is 2.89. The van der Waals surface area contributed by atoms with E-state index in [0.717, 1.165) is 6.07 Å². The Bertz CT molecular complexity index is 1030. The number of aldehydes is 1. The Hall–Kier alpha value is -3.92. The van der Waals surface area contributed by atoms with Crippen molar-refractivity contribution in [2.24, 2.45) is 5.73 Å². The van der Waals surface area contributed by atoms with Crippen LogP contribution in [0.25, 0.3) is 0 Å². The van der Waals surface area contributed by atoms with Crippen LogP contribution in [0.4, 0.5) is 0 Å². The van der Waals surface area contributed by atoms with Crippen molar-refractivity contribution in [3.8, 4) is 0 Å². The van der Waals surface area contributed by atoms with Crippen LogP contribution in [0.2, 0.25) is 0 Å². The monoisotopic (exact) mass is 427 g/mol. The molecule has 0 saturated carbocycles. The molecule has 0 radical (unpaired) electrons. The number of fused-ring (bicyclic) bond motifs is 2. The molecule has 1 aliphatic carbocycles. The van der Waals surface area contributed by atoms with Gasteiger partial charge >= 0.3 is 11.9 Å². The van der Waals surface area contributed by atoms with Crippen molar-refractivity contribution in [1.82, 2.24) is 0 Å². The van der Waals surface area contributed by atoms with Crippen molar-refractivity contribution in [1.29, 1.82) is 0 Å². The quantitative estimate of drug-likeness (QED) is 0.169. The molecule has 0 bridgehead atoms. The summed E-state index contributed by atoms with van der Waals surface area (Å²) in [5.41, 5.74) is 5.72. The first-order chi connectivity index (χ1) is 14.8. The molecule has 0 amide bonds. The lowest BCUT2D eigenvalue weighted by molar-refractivity contribution is -0.152. The van der Waals surface area contributed by atoms with E-state index in [9.17, 15) is 28.8 Å². The Morgan fingerprint density at radius 3 is 2.32 bits per heavy atom. The molecule has 0 fully saturated rings. The van der Waals surface area contributed by atoms with Crippen molar-refractivity contribution >= 4 is 35.6 Å². The Balaban J connectivity index is 1.55. The number of rotatable bonds is 9. The Labute approximate surface area is 175 Å². The fraction of sp³-hybridized carbons (Fsp3) is 0.238. The van der Waals surface area contributed by atoms with Gasteiger partial charge in [-0.25, -0.2) is 0 Å². The van der Waals surface area contributed by atoms with Gasteiger partial charge in [0.15, 0.2) is 17.3 Å². The first-order valence-electron chi connectivity index (χ1n) is 9.20. The molecule has 0 spiro atoms. The lowest BCUT2D eigenvalue weighted by atomic mass is 9.88. The minimum absolute atomic E-state index is 0.0426. The third-order valence-corrected chi connectivity index (χ3v) is 4.42. The number of hydrogen-bond acceptors (Lipinski definition) is 10. The maximum absolute atomic E-state index is 12.5. The predicted octanol–water partition coefficient (Wildman–Crippen LogP) is 0.630. The number of carbonyl (C=O) groups is 6. The largest absolute Gasteiger partial charge is 0.462 e. The lowest BCUT2D eigenvalue weighted by Crippen LogP contribution is -2.33. The number of hydrogen-bond donors (Lipinski definition) is 1. The zero-order chi connectivity index (χ0) is 22.5. The van der Waals surface area contributed by atoms with E-state index in [0.29, 0.717) is 6.29 Å². The van der Waals surface area contributed by atoms with Crippen molar-refractivity contribution in [2.75, 3.05) is 13.2 Å². The van der Waals surface area contributed by atoms with Crippen LogP contribution in [-0.2, 0) is 23.9 Å². The summed E-state index contributed by atoms with van der Waals surface area (Å²) in [5, 5.41) is 0. The number of Topliss-reactive ketones (excluding diaryl/α,β-unsaturated/α-hetero) is 1. The van der Waals surface area contributed by atoms with Crippen LogP contribution in [0.1, 0.15) is 55.4 Å². The van der Waals surface area contributed by atoms with Gasteiger partial charge in [-0.2, -0.15) is 0 Å². The van der Waals surface area contributed by atoms with Gasteiger partial charge in [0.25, 0.3) is 0 Å². The molecular formula is C21H17NO9. The maximum Gasteiger partial charge on any atom is 0.323 e. The zero-order valence-electron chi connectivity index (χ0n) is 16.1.